The van der Waals surface area contributed by atoms with Crippen LogP contribution < -0.4 is 49.0 Å². The number of anilines is 3. The third kappa shape index (κ3) is 16.0. The first-order valence-corrected chi connectivity index (χ1v) is 42.5. The van der Waals surface area contributed by atoms with E-state index >= 15 is 0 Å². The number of hydrogen-bond donors (Lipinski definition) is 1. The number of furan rings is 2. The number of nitrogens with zero attached hydrogens (tertiary/aromatic N) is 1. The first kappa shape index (κ1) is 85.6. The van der Waals surface area contributed by atoms with Gasteiger partial charge in [-0.05, 0) is 192 Å². The van der Waals surface area contributed by atoms with Crippen molar-refractivity contribution in [3.63, 3.8) is 0 Å². The molecule has 22 rings (SSSR count). The van der Waals surface area contributed by atoms with Gasteiger partial charge in [0.15, 0.2) is 0 Å². The number of carboxylic acids is 1. The van der Waals surface area contributed by atoms with Crippen molar-refractivity contribution in [1.29, 1.82) is 0 Å². The van der Waals surface area contributed by atoms with Gasteiger partial charge in [0, 0.05) is 98.6 Å². The topological polar surface area (TPSA) is 108 Å². The van der Waals surface area contributed by atoms with Crippen molar-refractivity contribution in [2.45, 2.75) is 103 Å². The standard InChI is InChI=1S/C53H39NO2.C29H26O.C25H15BrO.C4H9O.C2H4O2.Na.Pd/c1-52(2,3)35-25-30-47(42(31-35)34-15-5-4-6-16-34)54(37-27-29-41-40-18-8-12-22-48(40)55-51(41)33-37)36-26-28-39-38-17-7-9-19-43(38)53(46(39)32-36)44-20-10-13-23-49(44)56-50-24-14-11-21-45(50)53;1-29(2,3)23-15-14-22(26(19-23)21-9-5-4-6-10-21)17-20-13-16-25-24-11-7-8-12-27(24)30-28(25)18-20;26-16-13-14-18-17-7-1-2-8-19(17)25(22(18)15-16)20-9-3-5-11-23(20)27-24-12-6-4-10-21(24)25;1-4(2,3)5;1-2(3)4;;/h4-33H,1-3H3;4-16,18-19H,17H2,1-3H3;1-15H;1-3H3;1H3,(H,3,4);;/q;;;-1;;+1;. The summed E-state index contributed by atoms with van der Waals surface area (Å²) in [5.74, 6) is 2.80. The Hall–Kier alpha value is -11.9. The normalized spacial score (nSPS) is 12.9. The van der Waals surface area contributed by atoms with Crippen LogP contribution in [0.2, 0.25) is 0 Å². The molecule has 16 aromatic carbocycles. The van der Waals surface area contributed by atoms with Crippen molar-refractivity contribution >= 4 is 82.8 Å². The van der Waals surface area contributed by atoms with Crippen LogP contribution in [0.15, 0.2) is 377 Å². The second kappa shape index (κ2) is 34.7. The van der Waals surface area contributed by atoms with E-state index in [0.29, 0.717) is 0 Å². The number of para-hydroxylation sites is 6. The molecule has 0 bridgehead atoms. The summed E-state index contributed by atoms with van der Waals surface area (Å²) in [4.78, 5) is 11.4. The van der Waals surface area contributed by atoms with Gasteiger partial charge in [-0.2, -0.15) is 0 Å². The van der Waals surface area contributed by atoms with Gasteiger partial charge in [-0.1, -0.05) is 345 Å². The van der Waals surface area contributed by atoms with Crippen LogP contribution in [0.1, 0.15) is 136 Å². The van der Waals surface area contributed by atoms with E-state index in [0.717, 1.165) is 102 Å². The fourth-order valence-electron chi connectivity index (χ4n) is 18.3. The van der Waals surface area contributed by atoms with Gasteiger partial charge < -0.3 is 33.4 Å². The van der Waals surface area contributed by atoms with Crippen molar-refractivity contribution in [3.05, 3.63) is 435 Å². The summed E-state index contributed by atoms with van der Waals surface area (Å²) >= 11 is 3.71. The van der Waals surface area contributed by atoms with Gasteiger partial charge in [-0.25, -0.2) is 0 Å². The molecule has 2 aromatic heterocycles. The van der Waals surface area contributed by atoms with Crippen molar-refractivity contribution in [2.75, 3.05) is 4.90 Å². The van der Waals surface area contributed by atoms with Crippen LogP contribution in [-0.2, 0) is 53.3 Å². The molecule has 0 atom stereocenters. The summed E-state index contributed by atoms with van der Waals surface area (Å²) < 4.78 is 26.7. The molecule has 2 spiro atoms. The van der Waals surface area contributed by atoms with Crippen molar-refractivity contribution in [1.82, 2.24) is 0 Å². The largest absolute Gasteiger partial charge is 1.00 e. The molecule has 11 heteroatoms. The maximum absolute atomic E-state index is 10.1. The summed E-state index contributed by atoms with van der Waals surface area (Å²) in [5, 5.41) is 22.1. The number of rotatable bonds is 7. The Morgan fingerprint density at radius 1 is 0.355 bits per heavy atom. The van der Waals surface area contributed by atoms with Crippen molar-refractivity contribution < 1.29 is 83.3 Å². The van der Waals surface area contributed by atoms with Gasteiger partial charge >= 0.3 is 29.6 Å². The Kier molecular flexibility index (Phi) is 23.9. The minimum absolute atomic E-state index is 0. The third-order valence-electron chi connectivity index (χ3n) is 23.6. The summed E-state index contributed by atoms with van der Waals surface area (Å²) in [6.45, 7) is 19.6. The number of carboxylic acid groups (broad SMARTS) is 1. The molecule has 4 aliphatic rings. The quantitative estimate of drug-likeness (QED) is 0.157. The molecule has 1 N–H and O–H groups in total. The smallest absolute Gasteiger partial charge is 0.850 e. The van der Waals surface area contributed by atoms with Gasteiger partial charge in [-0.3, -0.25) is 4.79 Å². The van der Waals surface area contributed by atoms with Gasteiger partial charge in [0.2, 0.25) is 0 Å². The molecule has 610 valence electrons. The molecule has 2 aliphatic carbocycles. The molecule has 124 heavy (non-hydrogen) atoms. The predicted molar refractivity (Wildman–Crippen MR) is 502 cm³/mol. The average Bonchev–Trinajstić information content (AvgIpc) is 1.51. The fraction of sp³-hybridized carbons (Fsp3) is 0.142. The number of hydrogen-bond acceptors (Lipinski definition) is 7. The number of halogens is 1. The van der Waals surface area contributed by atoms with E-state index < -0.39 is 17.0 Å². The monoisotopic (exact) mass is 1780 g/mol. The van der Waals surface area contributed by atoms with Crippen LogP contribution in [0.3, 0.4) is 0 Å². The minimum atomic E-state index is -0.833. The fourth-order valence-corrected chi connectivity index (χ4v) is 18.7. The van der Waals surface area contributed by atoms with Crippen LogP contribution in [0.5, 0.6) is 23.0 Å². The molecule has 0 saturated carbocycles. The molecule has 18 aromatic rings. The average molecular weight is 1790 g/mol. The SMILES string of the molecule is Brc1ccc2c(c1)C1(c3ccccc3Oc3ccccc31)c1ccccc1-2.CC(=O)O.CC(C)(C)[O-].CC(C)(C)c1ccc(Cc2ccc3c(c2)oc2ccccc23)c(-c2ccccc2)c1.CC(C)(C)c1ccc(N(c2ccc3c(c2)C2(c4ccccc4Oc4ccccc42)c2ccccc2-3)c2ccc3c(c2)oc2ccccc23)c(-c2ccccc2)c1.[Na+].[Pd]. The first-order valence-electron chi connectivity index (χ1n) is 41.7. The first-order chi connectivity index (χ1) is 58.9. The Morgan fingerprint density at radius 3 is 1.19 bits per heavy atom. The van der Waals surface area contributed by atoms with Crippen molar-refractivity contribution in [3.8, 4) is 67.5 Å². The number of fused-ring (bicyclic) bond motifs is 24. The molecule has 2 aliphatic heterocycles. The number of aliphatic carboxylic acids is 1. The summed E-state index contributed by atoms with van der Waals surface area (Å²) in [6.07, 6.45) is 0.877. The zero-order valence-electron chi connectivity index (χ0n) is 71.4. The van der Waals surface area contributed by atoms with Crippen LogP contribution in [0.25, 0.3) is 88.4 Å². The van der Waals surface area contributed by atoms with E-state index in [1.54, 1.807) is 20.8 Å². The molecule has 0 unspecified atom stereocenters. The zero-order valence-corrected chi connectivity index (χ0v) is 76.5. The molecular weight excluding hydrogens is 1690 g/mol. The van der Waals surface area contributed by atoms with Crippen LogP contribution in [0, 0.1) is 0 Å². The number of carbonyl (C=O) groups is 1. The van der Waals surface area contributed by atoms with Crippen LogP contribution in [0.4, 0.5) is 17.1 Å². The Balaban J connectivity index is 0.000000141. The van der Waals surface area contributed by atoms with E-state index in [1.165, 1.54) is 111 Å². The summed E-state index contributed by atoms with van der Waals surface area (Å²) in [7, 11) is 0. The maximum Gasteiger partial charge on any atom is 1.00 e. The Bertz CT molecular complexity index is 6950. The van der Waals surface area contributed by atoms with Gasteiger partial charge in [0.1, 0.15) is 45.3 Å². The van der Waals surface area contributed by atoms with Gasteiger partial charge in [0.25, 0.3) is 5.97 Å². The molecular formula is C113H93BrNNaO7Pd. The predicted octanol–water partition coefficient (Wildman–Crippen LogP) is 26.8. The Morgan fingerprint density at radius 2 is 0.710 bits per heavy atom. The van der Waals surface area contributed by atoms with E-state index in [9.17, 15) is 5.11 Å². The molecule has 0 fully saturated rings. The van der Waals surface area contributed by atoms with Crippen LogP contribution >= 0.6 is 15.9 Å². The van der Waals surface area contributed by atoms with E-state index in [1.807, 2.05) is 36.4 Å². The van der Waals surface area contributed by atoms with E-state index in [4.69, 9.17) is 28.2 Å². The summed E-state index contributed by atoms with van der Waals surface area (Å²) in [6, 6.07) is 131. The summed E-state index contributed by atoms with van der Waals surface area (Å²) in [5.41, 5.74) is 30.3. The molecule has 4 heterocycles. The second-order valence-corrected chi connectivity index (χ2v) is 35.8. The van der Waals surface area contributed by atoms with Gasteiger partial charge in [0.05, 0.1) is 16.5 Å². The van der Waals surface area contributed by atoms with E-state index in [-0.39, 0.29) is 66.2 Å². The van der Waals surface area contributed by atoms with E-state index in [2.05, 4.69) is 390 Å². The zero-order chi connectivity index (χ0) is 84.4. The van der Waals surface area contributed by atoms with Crippen molar-refractivity contribution in [2.24, 2.45) is 0 Å². The molecule has 0 radical (unpaired) electrons. The third-order valence-corrected chi connectivity index (χ3v) is 24.1. The molecule has 0 amide bonds. The minimum Gasteiger partial charge on any atom is -0.850 e. The second-order valence-electron chi connectivity index (χ2n) is 34.9. The Labute approximate surface area is 769 Å². The van der Waals surface area contributed by atoms with Gasteiger partial charge in [-0.15, -0.1) is 5.60 Å². The molecule has 0 saturated heterocycles. The molecule has 8 nitrogen and oxygen atoms in total. The maximum atomic E-state index is 10.1. The van der Waals surface area contributed by atoms with Crippen LogP contribution in [-0.4, -0.2) is 16.7 Å². The number of ether oxygens (including phenoxy) is 2. The number of benzene rings is 16.